The molecule has 5 heterocycles. The van der Waals surface area contributed by atoms with Gasteiger partial charge in [0.05, 0.1) is 33.1 Å². The summed E-state index contributed by atoms with van der Waals surface area (Å²) in [6, 6.07) is 74.4. The quantitative estimate of drug-likeness (QED) is 0.172. The fourth-order valence-corrected chi connectivity index (χ4v) is 10.7. The van der Waals surface area contributed by atoms with Crippen molar-refractivity contribution < 1.29 is 8.83 Å². The Morgan fingerprint density at radius 2 is 0.838 bits per heavy atom. The average Bonchev–Trinajstić information content (AvgIpc) is 4.15. The van der Waals surface area contributed by atoms with E-state index in [0.29, 0.717) is 17.5 Å². The first-order chi connectivity index (χ1) is 33.7. The molecule has 0 radical (unpaired) electrons. The second kappa shape index (κ2) is 14.1. The molecule has 0 aliphatic heterocycles. The highest BCUT2D eigenvalue weighted by molar-refractivity contribution is 6.18. The summed E-state index contributed by atoms with van der Waals surface area (Å²) in [5.41, 5.74) is 12.2. The maximum Gasteiger partial charge on any atom is 0.166 e. The molecular weight excluding hydrogens is 835 g/mol. The second-order valence-electron chi connectivity index (χ2n) is 17.5. The van der Waals surface area contributed by atoms with Crippen LogP contribution in [0.3, 0.4) is 0 Å². The number of hydrogen-bond donors (Lipinski definition) is 0. The molecule has 5 aromatic heterocycles. The summed E-state index contributed by atoms with van der Waals surface area (Å²) in [5.74, 6) is 1.65. The SMILES string of the molecule is c1ccc(-n2c3ccccc3c3ccc(-c4nc(-c5ccc6oc7ccccc7c6c5)nc(-c5ccc6oc7ccccc7c6c5-n5c6ccccc6c6cc7ccccc7cc65)n4)cc32)cc1. The minimum atomic E-state index is 0.541. The zero-order valence-electron chi connectivity index (χ0n) is 36.3. The van der Waals surface area contributed by atoms with Crippen LogP contribution in [0.2, 0.25) is 0 Å². The molecule has 0 amide bonds. The molecule has 0 spiro atoms. The second-order valence-corrected chi connectivity index (χ2v) is 17.5. The fourth-order valence-electron chi connectivity index (χ4n) is 10.7. The number of fused-ring (bicyclic) bond motifs is 13. The van der Waals surface area contributed by atoms with Gasteiger partial charge in [0.1, 0.15) is 22.3 Å². The van der Waals surface area contributed by atoms with Crippen LogP contribution in [0.1, 0.15) is 0 Å². The van der Waals surface area contributed by atoms with Gasteiger partial charge >= 0.3 is 0 Å². The fraction of sp³-hybridized carbons (Fsp3) is 0. The number of benzene rings is 10. The Hall–Kier alpha value is -9.33. The lowest BCUT2D eigenvalue weighted by Crippen LogP contribution is -2.04. The van der Waals surface area contributed by atoms with Crippen molar-refractivity contribution in [1.82, 2.24) is 24.1 Å². The lowest BCUT2D eigenvalue weighted by molar-refractivity contribution is 0.668. The van der Waals surface area contributed by atoms with Crippen molar-refractivity contribution in [1.29, 1.82) is 0 Å². The monoisotopic (exact) mass is 869 g/mol. The van der Waals surface area contributed by atoms with E-state index >= 15 is 0 Å². The van der Waals surface area contributed by atoms with Crippen LogP contribution in [0.25, 0.3) is 144 Å². The zero-order valence-corrected chi connectivity index (χ0v) is 36.3. The molecule has 15 aromatic rings. The van der Waals surface area contributed by atoms with E-state index in [2.05, 4.69) is 185 Å². The summed E-state index contributed by atoms with van der Waals surface area (Å²) in [6.45, 7) is 0. The first-order valence-corrected chi connectivity index (χ1v) is 22.8. The van der Waals surface area contributed by atoms with Gasteiger partial charge < -0.3 is 18.0 Å². The van der Waals surface area contributed by atoms with E-state index in [1.165, 1.54) is 10.8 Å². The first-order valence-electron chi connectivity index (χ1n) is 22.8. The maximum atomic E-state index is 6.67. The summed E-state index contributed by atoms with van der Waals surface area (Å²) in [6.07, 6.45) is 0. The van der Waals surface area contributed by atoms with Gasteiger partial charge in [-0.2, -0.15) is 0 Å². The molecule has 68 heavy (non-hydrogen) atoms. The van der Waals surface area contributed by atoms with Crippen LogP contribution in [0.5, 0.6) is 0 Å². The lowest BCUT2D eigenvalue weighted by atomic mass is 10.0. The summed E-state index contributed by atoms with van der Waals surface area (Å²) in [7, 11) is 0. The highest BCUT2D eigenvalue weighted by Gasteiger charge is 2.25. The van der Waals surface area contributed by atoms with E-state index < -0.39 is 0 Å². The van der Waals surface area contributed by atoms with E-state index in [1.807, 2.05) is 36.4 Å². The van der Waals surface area contributed by atoms with E-state index in [-0.39, 0.29) is 0 Å². The van der Waals surface area contributed by atoms with Crippen molar-refractivity contribution in [2.75, 3.05) is 0 Å². The molecule has 0 unspecified atom stereocenters. The molecule has 0 bridgehead atoms. The van der Waals surface area contributed by atoms with Crippen LogP contribution in [0.15, 0.2) is 221 Å². The van der Waals surface area contributed by atoms with Gasteiger partial charge in [-0.1, -0.05) is 127 Å². The number of para-hydroxylation sites is 5. The highest BCUT2D eigenvalue weighted by Crippen LogP contribution is 2.45. The van der Waals surface area contributed by atoms with Gasteiger partial charge in [-0.25, -0.2) is 15.0 Å². The van der Waals surface area contributed by atoms with Crippen molar-refractivity contribution in [3.63, 3.8) is 0 Å². The molecule has 0 fully saturated rings. The Morgan fingerprint density at radius 1 is 0.309 bits per heavy atom. The van der Waals surface area contributed by atoms with E-state index in [0.717, 1.165) is 116 Å². The van der Waals surface area contributed by atoms with Gasteiger partial charge in [-0.15, -0.1) is 0 Å². The van der Waals surface area contributed by atoms with Gasteiger partial charge in [-0.3, -0.25) is 0 Å². The van der Waals surface area contributed by atoms with E-state index in [9.17, 15) is 0 Å². The Balaban J connectivity index is 1.06. The number of aromatic nitrogens is 5. The number of rotatable bonds is 5. The third kappa shape index (κ3) is 5.38. The Kier molecular flexibility index (Phi) is 7.65. The predicted octanol–water partition coefficient (Wildman–Crippen LogP) is 16.0. The van der Waals surface area contributed by atoms with Gasteiger partial charge in [0.2, 0.25) is 0 Å². The van der Waals surface area contributed by atoms with Gasteiger partial charge in [-0.05, 0) is 95.7 Å². The Morgan fingerprint density at radius 3 is 1.63 bits per heavy atom. The molecular formula is C61H35N5O2. The number of furan rings is 2. The molecule has 0 saturated carbocycles. The van der Waals surface area contributed by atoms with Crippen molar-refractivity contribution in [3.05, 3.63) is 212 Å². The van der Waals surface area contributed by atoms with Crippen LogP contribution in [-0.2, 0) is 0 Å². The molecule has 0 aliphatic rings. The third-order valence-corrected chi connectivity index (χ3v) is 13.7. The van der Waals surface area contributed by atoms with Crippen molar-refractivity contribution in [2.24, 2.45) is 0 Å². The molecule has 15 rings (SSSR count). The van der Waals surface area contributed by atoms with Crippen molar-refractivity contribution >= 4 is 98.3 Å². The van der Waals surface area contributed by atoms with E-state index in [1.54, 1.807) is 0 Å². The minimum absolute atomic E-state index is 0.541. The normalized spacial score (nSPS) is 12.1. The average molecular weight is 870 g/mol. The van der Waals surface area contributed by atoms with Crippen LogP contribution in [0, 0.1) is 0 Å². The lowest BCUT2D eigenvalue weighted by Gasteiger charge is -2.16. The summed E-state index contributed by atoms with van der Waals surface area (Å²) >= 11 is 0. The molecule has 0 atom stereocenters. The smallest absolute Gasteiger partial charge is 0.166 e. The summed E-state index contributed by atoms with van der Waals surface area (Å²) in [5, 5.41) is 11.0. The van der Waals surface area contributed by atoms with Crippen LogP contribution in [0.4, 0.5) is 0 Å². The van der Waals surface area contributed by atoms with Gasteiger partial charge in [0.15, 0.2) is 17.5 Å². The van der Waals surface area contributed by atoms with Crippen LogP contribution in [-0.4, -0.2) is 24.1 Å². The molecule has 316 valence electrons. The summed E-state index contributed by atoms with van der Waals surface area (Å²) < 4.78 is 17.7. The van der Waals surface area contributed by atoms with Crippen LogP contribution >= 0.6 is 0 Å². The topological polar surface area (TPSA) is 74.8 Å². The molecule has 7 nitrogen and oxygen atoms in total. The molecule has 0 aliphatic carbocycles. The Labute approximate surface area is 387 Å². The van der Waals surface area contributed by atoms with Crippen LogP contribution < -0.4 is 0 Å². The Bertz CT molecular complexity index is 4570. The van der Waals surface area contributed by atoms with E-state index in [4.69, 9.17) is 23.8 Å². The third-order valence-electron chi connectivity index (χ3n) is 13.7. The van der Waals surface area contributed by atoms with Gasteiger partial charge in [0, 0.05) is 60.1 Å². The largest absolute Gasteiger partial charge is 0.456 e. The molecule has 0 saturated heterocycles. The summed E-state index contributed by atoms with van der Waals surface area (Å²) in [4.78, 5) is 16.4. The number of hydrogen-bond acceptors (Lipinski definition) is 5. The molecule has 10 aromatic carbocycles. The highest BCUT2D eigenvalue weighted by atomic mass is 16.3. The maximum absolute atomic E-state index is 6.67. The standard InChI is InChI=1S/C61H35N5O2/c1-2-16-40(17-3-1)65-49-22-10-6-18-41(49)43-28-26-39(35-51(43)65)60-62-59(38-27-30-55-48(33-38)44-20-8-12-24-53(44)67-55)63-61(64-60)46-29-31-56-57(45-21-9-13-25-54(45)68-56)58(46)66-50-23-11-7-19-42(50)47-32-36-14-4-5-15-37(36)34-52(47)66/h1-35H. The molecule has 7 heteroatoms. The first kappa shape index (κ1) is 36.9. The number of nitrogens with zero attached hydrogens (tertiary/aromatic N) is 5. The minimum Gasteiger partial charge on any atom is -0.456 e. The molecule has 0 N–H and O–H groups in total. The predicted molar refractivity (Wildman–Crippen MR) is 277 cm³/mol. The van der Waals surface area contributed by atoms with Crippen molar-refractivity contribution in [2.45, 2.75) is 0 Å². The van der Waals surface area contributed by atoms with Crippen molar-refractivity contribution in [3.8, 4) is 45.5 Å². The zero-order chi connectivity index (χ0) is 44.5. The van der Waals surface area contributed by atoms with Gasteiger partial charge in [0.25, 0.3) is 0 Å².